The number of imidazole rings is 1. The molecule has 0 amide bonds. The number of rotatable bonds is 4. The second kappa shape index (κ2) is 5.85. The molecule has 0 saturated carbocycles. The van der Waals surface area contributed by atoms with Crippen LogP contribution in [0.15, 0.2) is 6.20 Å². The maximum absolute atomic E-state index is 5.99. The summed E-state index contributed by atoms with van der Waals surface area (Å²) in [5.74, 6) is 1.89. The zero-order chi connectivity index (χ0) is 12.3. The minimum absolute atomic E-state index is 0.713. The molecule has 1 aliphatic heterocycles. The van der Waals surface area contributed by atoms with Gasteiger partial charge in [0.15, 0.2) is 0 Å². The van der Waals surface area contributed by atoms with Gasteiger partial charge in [0, 0.05) is 7.05 Å². The lowest BCUT2D eigenvalue weighted by Gasteiger charge is -2.31. The Labute approximate surface area is 108 Å². The Hall–Kier alpha value is -0.580. The molecule has 1 aromatic rings. The Morgan fingerprint density at radius 2 is 2.18 bits per heavy atom. The number of hydrogen-bond donors (Lipinski definition) is 1. The summed E-state index contributed by atoms with van der Waals surface area (Å²) in [5, 5.41) is 3.97. The number of piperidine rings is 1. The molecule has 2 heterocycles. The largest absolute Gasteiger partial charge is 0.321 e. The minimum Gasteiger partial charge on any atom is -0.321 e. The second-order valence-electron chi connectivity index (χ2n) is 4.83. The normalized spacial score (nSPS) is 18.8. The monoisotopic (exact) mass is 256 g/mol. The van der Waals surface area contributed by atoms with Crippen molar-refractivity contribution < 1.29 is 0 Å². The van der Waals surface area contributed by atoms with Gasteiger partial charge in [0.05, 0.1) is 12.7 Å². The predicted octanol–water partition coefficient (Wildman–Crippen LogP) is 1.50. The number of nitrogens with zero attached hydrogens (tertiary/aromatic N) is 3. The van der Waals surface area contributed by atoms with Crippen LogP contribution >= 0.6 is 11.6 Å². The number of likely N-dealkylation sites (tertiary alicyclic amines) is 1. The van der Waals surface area contributed by atoms with Crippen LogP contribution in [0.5, 0.6) is 0 Å². The van der Waals surface area contributed by atoms with E-state index < -0.39 is 0 Å². The molecule has 2 rings (SSSR count). The van der Waals surface area contributed by atoms with Gasteiger partial charge >= 0.3 is 0 Å². The fourth-order valence-corrected chi connectivity index (χ4v) is 2.55. The lowest BCUT2D eigenvalue weighted by atomic mass is 9.97. The quantitative estimate of drug-likeness (QED) is 0.887. The Bertz CT molecular complexity index is 355. The van der Waals surface area contributed by atoms with Crippen LogP contribution in [0.4, 0.5) is 0 Å². The molecular formula is C12H21ClN4. The first kappa shape index (κ1) is 12.9. The molecule has 0 aliphatic carbocycles. The summed E-state index contributed by atoms with van der Waals surface area (Å²) in [4.78, 5) is 6.80. The molecule has 1 N–H and O–H groups in total. The van der Waals surface area contributed by atoms with Crippen molar-refractivity contribution in [2.45, 2.75) is 19.4 Å². The van der Waals surface area contributed by atoms with Gasteiger partial charge in [0.1, 0.15) is 11.0 Å². The van der Waals surface area contributed by atoms with Gasteiger partial charge in [0.25, 0.3) is 0 Å². The van der Waals surface area contributed by atoms with Crippen LogP contribution in [0.1, 0.15) is 18.7 Å². The van der Waals surface area contributed by atoms with Crippen molar-refractivity contribution in [3.8, 4) is 0 Å². The molecular weight excluding hydrogens is 236 g/mol. The van der Waals surface area contributed by atoms with Crippen LogP contribution in [0.3, 0.4) is 0 Å². The van der Waals surface area contributed by atoms with Gasteiger partial charge in [-0.3, -0.25) is 4.90 Å². The molecule has 5 heteroatoms. The van der Waals surface area contributed by atoms with E-state index in [1.54, 1.807) is 6.20 Å². The highest BCUT2D eigenvalue weighted by Crippen LogP contribution is 2.18. The van der Waals surface area contributed by atoms with E-state index >= 15 is 0 Å². The minimum atomic E-state index is 0.713. The highest BCUT2D eigenvalue weighted by atomic mass is 35.5. The van der Waals surface area contributed by atoms with Crippen molar-refractivity contribution in [1.82, 2.24) is 19.8 Å². The summed E-state index contributed by atoms with van der Waals surface area (Å²) in [6.45, 7) is 4.38. The Kier molecular flexibility index (Phi) is 4.42. The lowest BCUT2D eigenvalue weighted by molar-refractivity contribution is 0.172. The van der Waals surface area contributed by atoms with E-state index in [4.69, 9.17) is 11.6 Å². The molecule has 0 bridgehead atoms. The van der Waals surface area contributed by atoms with Gasteiger partial charge in [-0.05, 0) is 45.4 Å². The molecule has 4 nitrogen and oxygen atoms in total. The van der Waals surface area contributed by atoms with E-state index in [2.05, 4.69) is 15.2 Å². The van der Waals surface area contributed by atoms with Crippen molar-refractivity contribution >= 4 is 11.6 Å². The lowest BCUT2D eigenvalue weighted by Crippen LogP contribution is -2.36. The standard InChI is InChI=1S/C12H21ClN4/c1-14-7-10-3-5-17(6-4-10)9-12-15-8-11(13)16(12)2/h8,10,14H,3-7,9H2,1-2H3. The molecule has 0 unspecified atom stereocenters. The first-order valence-corrected chi connectivity index (χ1v) is 6.61. The third kappa shape index (κ3) is 3.21. The van der Waals surface area contributed by atoms with Crippen LogP contribution in [0.2, 0.25) is 5.15 Å². The number of nitrogens with one attached hydrogen (secondary N) is 1. The third-order valence-electron chi connectivity index (χ3n) is 3.59. The molecule has 1 aliphatic rings. The highest BCUT2D eigenvalue weighted by Gasteiger charge is 2.19. The molecule has 0 spiro atoms. The summed E-state index contributed by atoms with van der Waals surface area (Å²) in [6.07, 6.45) is 4.28. The first-order chi connectivity index (χ1) is 8.20. The zero-order valence-electron chi connectivity index (χ0n) is 10.6. The van der Waals surface area contributed by atoms with Gasteiger partial charge in [-0.15, -0.1) is 0 Å². The number of halogens is 1. The predicted molar refractivity (Wildman–Crippen MR) is 70.1 cm³/mol. The summed E-state index contributed by atoms with van der Waals surface area (Å²) in [6, 6.07) is 0. The third-order valence-corrected chi connectivity index (χ3v) is 3.94. The molecule has 0 radical (unpaired) electrons. The summed E-state index contributed by atoms with van der Waals surface area (Å²) in [5.41, 5.74) is 0. The van der Waals surface area contributed by atoms with Gasteiger partial charge in [-0.2, -0.15) is 0 Å². The molecule has 17 heavy (non-hydrogen) atoms. The molecule has 0 atom stereocenters. The van der Waals surface area contributed by atoms with Gasteiger partial charge < -0.3 is 9.88 Å². The fraction of sp³-hybridized carbons (Fsp3) is 0.750. The van der Waals surface area contributed by atoms with E-state index in [-0.39, 0.29) is 0 Å². The molecule has 0 aromatic carbocycles. The Morgan fingerprint density at radius 1 is 1.47 bits per heavy atom. The van der Waals surface area contributed by atoms with Gasteiger partial charge in [-0.1, -0.05) is 11.6 Å². The van der Waals surface area contributed by atoms with Crippen molar-refractivity contribution in [3.63, 3.8) is 0 Å². The first-order valence-electron chi connectivity index (χ1n) is 6.23. The topological polar surface area (TPSA) is 33.1 Å². The summed E-state index contributed by atoms with van der Waals surface area (Å²) >= 11 is 5.99. The molecule has 96 valence electrons. The Balaban J connectivity index is 1.84. The van der Waals surface area contributed by atoms with Crippen molar-refractivity contribution in [2.24, 2.45) is 13.0 Å². The molecule has 1 aromatic heterocycles. The fourth-order valence-electron chi connectivity index (χ4n) is 2.41. The van der Waals surface area contributed by atoms with Gasteiger partial charge in [-0.25, -0.2) is 4.98 Å². The average molecular weight is 257 g/mol. The molecule has 1 saturated heterocycles. The van der Waals surface area contributed by atoms with Crippen LogP contribution in [-0.4, -0.2) is 41.1 Å². The second-order valence-corrected chi connectivity index (χ2v) is 5.22. The summed E-state index contributed by atoms with van der Waals surface area (Å²) in [7, 11) is 4.00. The van der Waals surface area contributed by atoms with E-state index in [9.17, 15) is 0 Å². The van der Waals surface area contributed by atoms with Crippen molar-refractivity contribution in [2.75, 3.05) is 26.7 Å². The Morgan fingerprint density at radius 3 is 2.71 bits per heavy atom. The van der Waals surface area contributed by atoms with Crippen molar-refractivity contribution in [3.05, 3.63) is 17.2 Å². The van der Waals surface area contributed by atoms with Crippen LogP contribution in [0.25, 0.3) is 0 Å². The molecule has 1 fully saturated rings. The van der Waals surface area contributed by atoms with Crippen molar-refractivity contribution in [1.29, 1.82) is 0 Å². The van der Waals surface area contributed by atoms with E-state index in [0.717, 1.165) is 37.9 Å². The summed E-state index contributed by atoms with van der Waals surface area (Å²) < 4.78 is 1.96. The SMILES string of the molecule is CNCC1CCN(Cc2ncc(Cl)n2C)CC1. The van der Waals surface area contributed by atoms with Gasteiger partial charge in [0.2, 0.25) is 0 Å². The average Bonchev–Trinajstić information content (AvgIpc) is 2.64. The zero-order valence-corrected chi connectivity index (χ0v) is 11.4. The van der Waals surface area contributed by atoms with E-state index in [1.807, 2.05) is 18.7 Å². The number of hydrogen-bond acceptors (Lipinski definition) is 3. The van der Waals surface area contributed by atoms with E-state index in [1.165, 1.54) is 12.8 Å². The van der Waals surface area contributed by atoms with Crippen LogP contribution in [0, 0.1) is 5.92 Å². The highest BCUT2D eigenvalue weighted by molar-refractivity contribution is 6.29. The maximum Gasteiger partial charge on any atom is 0.128 e. The van der Waals surface area contributed by atoms with E-state index in [0.29, 0.717) is 5.15 Å². The smallest absolute Gasteiger partial charge is 0.128 e. The van der Waals surface area contributed by atoms with Crippen LogP contribution < -0.4 is 5.32 Å². The maximum atomic E-state index is 5.99. The van der Waals surface area contributed by atoms with Crippen LogP contribution in [-0.2, 0) is 13.6 Å². The number of aromatic nitrogens is 2.